The monoisotopic (exact) mass is 549 g/mol. The number of ether oxygens (including phenoxy) is 2. The predicted molar refractivity (Wildman–Crippen MR) is 157 cm³/mol. The van der Waals surface area contributed by atoms with Crippen LogP contribution in [0.4, 0.5) is 4.79 Å². The van der Waals surface area contributed by atoms with Crippen molar-refractivity contribution in [2.75, 3.05) is 53.6 Å². The molecule has 0 radical (unpaired) electrons. The quantitative estimate of drug-likeness (QED) is 0.248. The van der Waals surface area contributed by atoms with Crippen molar-refractivity contribution in [1.82, 2.24) is 15.5 Å². The molecule has 0 spiro atoms. The van der Waals surface area contributed by atoms with Crippen LogP contribution in [0.1, 0.15) is 83.1 Å². The van der Waals surface area contributed by atoms with Gasteiger partial charge in [-0.25, -0.2) is 4.79 Å². The molecule has 38 heavy (non-hydrogen) atoms. The Bertz CT molecular complexity index is 819. The molecule has 1 saturated carbocycles. The van der Waals surface area contributed by atoms with Crippen LogP contribution in [-0.2, 0) is 14.9 Å². The zero-order chi connectivity index (χ0) is 27.2. The minimum Gasteiger partial charge on any atom is -0.385 e. The number of nitrogens with zero attached hydrogens (tertiary/aromatic N) is 1. The van der Waals surface area contributed by atoms with Gasteiger partial charge in [-0.15, -0.1) is 0 Å². The largest absolute Gasteiger partial charge is 0.385 e. The lowest BCUT2D eigenvalue weighted by Crippen LogP contribution is -2.53. The fourth-order valence-corrected chi connectivity index (χ4v) is 6.77. The second kappa shape index (κ2) is 16.7. The van der Waals surface area contributed by atoms with Gasteiger partial charge in [-0.05, 0) is 67.1 Å². The van der Waals surface area contributed by atoms with E-state index in [0.717, 1.165) is 76.3 Å². The Morgan fingerprint density at radius 3 is 2.63 bits per heavy atom. The van der Waals surface area contributed by atoms with E-state index in [9.17, 15) is 4.79 Å². The maximum Gasteiger partial charge on any atom is 0.317 e. The molecule has 6 nitrogen and oxygen atoms in total. The minimum atomic E-state index is -0.0409. The maximum atomic E-state index is 13.6. The first kappa shape index (κ1) is 31.2. The molecule has 1 aliphatic heterocycles. The van der Waals surface area contributed by atoms with Gasteiger partial charge in [-0.2, -0.15) is 0 Å². The molecule has 2 fully saturated rings. The summed E-state index contributed by atoms with van der Waals surface area (Å²) in [5.41, 5.74) is 1.24. The number of unbranched alkanes of at least 4 members (excludes halogenated alkanes) is 1. The Balaban J connectivity index is 1.67. The average Bonchev–Trinajstić information content (AvgIpc) is 2.94. The molecular weight excluding hydrogens is 498 g/mol. The highest BCUT2D eigenvalue weighted by Gasteiger charge is 2.39. The van der Waals surface area contributed by atoms with Gasteiger partial charge in [0.15, 0.2) is 0 Å². The number of hydrogen-bond acceptors (Lipinski definition) is 4. The predicted octanol–water partition coefficient (Wildman–Crippen LogP) is 6.41. The van der Waals surface area contributed by atoms with Gasteiger partial charge in [0.05, 0.1) is 6.61 Å². The van der Waals surface area contributed by atoms with E-state index in [1.807, 2.05) is 6.07 Å². The zero-order valence-corrected chi connectivity index (χ0v) is 24.9. The van der Waals surface area contributed by atoms with Crippen molar-refractivity contribution in [3.63, 3.8) is 0 Å². The maximum absolute atomic E-state index is 13.6. The van der Waals surface area contributed by atoms with Gasteiger partial charge < -0.3 is 25.0 Å². The van der Waals surface area contributed by atoms with E-state index in [-0.39, 0.29) is 17.5 Å². The van der Waals surface area contributed by atoms with Crippen LogP contribution in [-0.4, -0.2) is 70.6 Å². The third-order valence-corrected chi connectivity index (χ3v) is 9.17. The van der Waals surface area contributed by atoms with Gasteiger partial charge >= 0.3 is 6.03 Å². The van der Waals surface area contributed by atoms with Crippen LogP contribution in [0.25, 0.3) is 0 Å². The summed E-state index contributed by atoms with van der Waals surface area (Å²) in [6.45, 7) is 7.05. The summed E-state index contributed by atoms with van der Waals surface area (Å²) < 4.78 is 10.5. The van der Waals surface area contributed by atoms with Crippen molar-refractivity contribution >= 4 is 17.6 Å². The van der Waals surface area contributed by atoms with Crippen molar-refractivity contribution < 1.29 is 14.3 Å². The summed E-state index contributed by atoms with van der Waals surface area (Å²) >= 11 is 6.44. The van der Waals surface area contributed by atoms with Crippen molar-refractivity contribution in [1.29, 1.82) is 0 Å². The van der Waals surface area contributed by atoms with Crippen LogP contribution in [0.5, 0.6) is 0 Å². The molecule has 1 aromatic rings. The number of urea groups is 1. The molecule has 2 aliphatic rings. The van der Waals surface area contributed by atoms with E-state index in [2.05, 4.69) is 40.7 Å². The van der Waals surface area contributed by atoms with E-state index in [1.54, 1.807) is 14.2 Å². The standard InChI is InChI=1S/C31H52ClN3O3/c1-31(16-7-8-19-37-2,26-13-9-15-28(32)22-26)27-14-10-18-35(24-27)30(36)34-29(23-33-17-20-38-3)21-25-11-5-4-6-12-25/h9,13,15,22,25,27,29,33H,4-8,10-12,14,16-21,23-24H2,1-3H3,(H,34,36)/t27-,29+,31+/m1/s1. The molecule has 3 rings (SSSR count). The molecule has 1 heterocycles. The summed E-state index contributed by atoms with van der Waals surface area (Å²) in [7, 11) is 3.49. The van der Waals surface area contributed by atoms with Crippen molar-refractivity contribution in [3.05, 3.63) is 34.9 Å². The third kappa shape index (κ3) is 9.69. The van der Waals surface area contributed by atoms with Gasteiger partial charge in [0.1, 0.15) is 0 Å². The molecule has 2 amide bonds. The molecule has 2 N–H and O–H groups in total. The Kier molecular flexibility index (Phi) is 13.7. The summed E-state index contributed by atoms with van der Waals surface area (Å²) in [5, 5.41) is 7.71. The lowest BCUT2D eigenvalue weighted by Gasteiger charge is -2.44. The highest BCUT2D eigenvalue weighted by atomic mass is 35.5. The van der Waals surface area contributed by atoms with Gasteiger partial charge in [-0.1, -0.05) is 69.2 Å². The number of carbonyl (C=O) groups is 1. The Morgan fingerprint density at radius 2 is 1.89 bits per heavy atom. The smallest absolute Gasteiger partial charge is 0.317 e. The van der Waals surface area contributed by atoms with Crippen LogP contribution in [0.15, 0.2) is 24.3 Å². The number of hydrogen-bond donors (Lipinski definition) is 2. The lowest BCUT2D eigenvalue weighted by molar-refractivity contribution is 0.119. The number of halogens is 1. The van der Waals surface area contributed by atoms with Crippen LogP contribution >= 0.6 is 11.6 Å². The first-order chi connectivity index (χ1) is 18.5. The van der Waals surface area contributed by atoms with Crippen molar-refractivity contribution in [2.45, 2.75) is 89.0 Å². The van der Waals surface area contributed by atoms with E-state index < -0.39 is 0 Å². The molecular formula is C31H52ClN3O3. The number of benzene rings is 1. The molecule has 0 unspecified atom stereocenters. The Labute approximate surface area is 236 Å². The SMILES string of the molecule is COCCCC[C@@](C)(c1cccc(Cl)c1)[C@@H]1CCCN(C(=O)N[C@H](CNCCOC)CC2CCCCC2)C1. The number of methoxy groups -OCH3 is 2. The van der Waals surface area contributed by atoms with Crippen molar-refractivity contribution in [3.8, 4) is 0 Å². The van der Waals surface area contributed by atoms with Gasteiger partial charge in [0.2, 0.25) is 0 Å². The van der Waals surface area contributed by atoms with Crippen molar-refractivity contribution in [2.24, 2.45) is 11.8 Å². The Morgan fingerprint density at radius 1 is 1.11 bits per heavy atom. The molecule has 7 heteroatoms. The molecule has 1 aromatic carbocycles. The van der Waals surface area contributed by atoms with Gasteiger partial charge in [-0.3, -0.25) is 0 Å². The van der Waals surface area contributed by atoms with Crippen LogP contribution in [0.2, 0.25) is 5.02 Å². The number of carbonyl (C=O) groups excluding carboxylic acids is 1. The molecule has 1 saturated heterocycles. The zero-order valence-electron chi connectivity index (χ0n) is 24.1. The highest BCUT2D eigenvalue weighted by molar-refractivity contribution is 6.30. The van der Waals surface area contributed by atoms with Crippen LogP contribution < -0.4 is 10.6 Å². The first-order valence-corrected chi connectivity index (χ1v) is 15.3. The van der Waals surface area contributed by atoms with E-state index in [1.165, 1.54) is 37.7 Å². The molecule has 1 aliphatic carbocycles. The second-order valence-electron chi connectivity index (χ2n) is 11.7. The number of amides is 2. The first-order valence-electron chi connectivity index (χ1n) is 15.0. The third-order valence-electron chi connectivity index (χ3n) is 8.93. The number of rotatable bonds is 15. The van der Waals surface area contributed by atoms with Crippen LogP contribution in [0, 0.1) is 11.8 Å². The van der Waals surface area contributed by atoms with Gasteiger partial charge in [0.25, 0.3) is 0 Å². The summed E-state index contributed by atoms with van der Waals surface area (Å²) in [5.74, 6) is 1.10. The topological polar surface area (TPSA) is 62.8 Å². The van der Waals surface area contributed by atoms with E-state index in [0.29, 0.717) is 18.4 Å². The van der Waals surface area contributed by atoms with Crippen LogP contribution in [0.3, 0.4) is 0 Å². The summed E-state index contributed by atoms with van der Waals surface area (Å²) in [6, 6.07) is 8.60. The lowest BCUT2D eigenvalue weighted by atomic mass is 9.66. The molecule has 3 atom stereocenters. The number of piperidine rings is 1. The van der Waals surface area contributed by atoms with Gasteiger partial charge in [0, 0.05) is 58.1 Å². The molecule has 0 bridgehead atoms. The molecule has 0 aromatic heterocycles. The number of likely N-dealkylation sites (tertiary alicyclic amines) is 1. The summed E-state index contributed by atoms with van der Waals surface area (Å²) in [4.78, 5) is 15.7. The fourth-order valence-electron chi connectivity index (χ4n) is 6.58. The fraction of sp³-hybridized carbons (Fsp3) is 0.774. The normalized spacial score (nSPS) is 21.2. The second-order valence-corrected chi connectivity index (χ2v) is 12.2. The van der Waals surface area contributed by atoms with E-state index in [4.69, 9.17) is 21.1 Å². The highest BCUT2D eigenvalue weighted by Crippen LogP contribution is 2.42. The number of nitrogens with one attached hydrogen (secondary N) is 2. The average molecular weight is 550 g/mol. The van der Waals surface area contributed by atoms with E-state index >= 15 is 0 Å². The Hall–Kier alpha value is -1.34. The minimum absolute atomic E-state index is 0.0409. The summed E-state index contributed by atoms with van der Waals surface area (Å²) in [6.07, 6.45) is 13.0. The molecule has 216 valence electrons.